The molecule has 5 aliphatic rings. The first-order valence-corrected chi connectivity index (χ1v) is 17.1. The topological polar surface area (TPSA) is 89.9 Å². The van der Waals surface area contributed by atoms with Gasteiger partial charge in [-0.2, -0.15) is 30.4 Å². The van der Waals surface area contributed by atoms with Crippen LogP contribution in [0.3, 0.4) is 0 Å². The number of carbonyl (C=O) groups excluding carboxylic acids is 1. The van der Waals surface area contributed by atoms with E-state index in [1.807, 2.05) is 0 Å². The Kier molecular flexibility index (Phi) is 6.85. The first kappa shape index (κ1) is 29.0. The van der Waals surface area contributed by atoms with Crippen LogP contribution < -0.4 is 0 Å². The van der Waals surface area contributed by atoms with Gasteiger partial charge in [0.15, 0.2) is 0 Å². The summed E-state index contributed by atoms with van der Waals surface area (Å²) in [4.78, 5) is 13.5. The molecule has 1 unspecified atom stereocenters. The second-order valence-electron chi connectivity index (χ2n) is 12.2. The monoisotopic (exact) mass is 622 g/mol. The number of phenols is 1. The lowest BCUT2D eigenvalue weighted by atomic mass is 9.49. The molecule has 1 N–H and O–H groups in total. The molecule has 1 aliphatic heterocycles. The van der Waals surface area contributed by atoms with Crippen LogP contribution >= 0.6 is 10.3 Å². The highest BCUT2D eigenvalue weighted by Gasteiger charge is 2.69. The minimum Gasteiger partial charge on any atom is -0.507 e. The van der Waals surface area contributed by atoms with Gasteiger partial charge in [0, 0.05) is 21.8 Å². The molecule has 226 valence electrons. The summed E-state index contributed by atoms with van der Waals surface area (Å²) >= 11 is 0. The standard InChI is InChI=1S/C28H31F5O6S2/c29-27(30,31)24(38-25(35)26-14-17-11-18(15-26)13-19(12-17)16-26)28(32,33)41(36,37)39-40(9-3-4-10-40)23-8-7-22(34)20-5-1-2-6-21(20)23/h1-2,5-8,17-19,24,34H,3-4,9-16H2. The molecular weight excluding hydrogens is 591 g/mol. The van der Waals surface area contributed by atoms with Gasteiger partial charge in [-0.25, -0.2) is 3.63 Å². The molecule has 2 aromatic carbocycles. The molecule has 1 atom stereocenters. The number of benzene rings is 2. The van der Waals surface area contributed by atoms with Crippen molar-refractivity contribution in [3.05, 3.63) is 36.4 Å². The first-order valence-electron chi connectivity index (χ1n) is 13.8. The second-order valence-corrected chi connectivity index (χ2v) is 17.0. The van der Waals surface area contributed by atoms with E-state index < -0.39 is 49.3 Å². The van der Waals surface area contributed by atoms with Gasteiger partial charge < -0.3 is 9.84 Å². The summed E-state index contributed by atoms with van der Waals surface area (Å²) in [7, 11) is -9.32. The summed E-state index contributed by atoms with van der Waals surface area (Å²) < 4.78 is 110. The number of esters is 1. The molecule has 7 rings (SSSR count). The predicted octanol–water partition coefficient (Wildman–Crippen LogP) is 7.05. The summed E-state index contributed by atoms with van der Waals surface area (Å²) in [5.74, 6) is -1.10. The van der Waals surface area contributed by atoms with E-state index in [9.17, 15) is 31.5 Å². The van der Waals surface area contributed by atoms with Crippen LogP contribution in [0.5, 0.6) is 5.75 Å². The van der Waals surface area contributed by atoms with Crippen LogP contribution in [0.25, 0.3) is 10.8 Å². The summed E-state index contributed by atoms with van der Waals surface area (Å²) in [5, 5.41) is 5.37. The number of carbonyl (C=O) groups is 1. The molecular formula is C28H31F5O6S2. The molecule has 6 nitrogen and oxygen atoms in total. The van der Waals surface area contributed by atoms with Gasteiger partial charge in [0.2, 0.25) is 0 Å². The maximum absolute atomic E-state index is 15.7. The highest BCUT2D eigenvalue weighted by Crippen LogP contribution is 2.66. The molecule has 4 saturated carbocycles. The number of rotatable bonds is 7. The van der Waals surface area contributed by atoms with Gasteiger partial charge in [-0.05, 0) is 86.6 Å². The lowest BCUT2D eigenvalue weighted by Crippen LogP contribution is -2.56. The molecule has 2 aromatic rings. The van der Waals surface area contributed by atoms with Crippen LogP contribution in [-0.2, 0) is 23.3 Å². The smallest absolute Gasteiger partial charge is 0.432 e. The predicted molar refractivity (Wildman–Crippen MR) is 142 cm³/mol. The number of hydrogen-bond acceptors (Lipinski definition) is 6. The Bertz CT molecular complexity index is 1430. The lowest BCUT2D eigenvalue weighted by Gasteiger charge is -2.55. The van der Waals surface area contributed by atoms with Crippen LogP contribution in [-0.4, -0.2) is 48.5 Å². The van der Waals surface area contributed by atoms with Crippen molar-refractivity contribution in [1.82, 2.24) is 0 Å². The lowest BCUT2D eigenvalue weighted by molar-refractivity contribution is -0.266. The molecule has 0 amide bonds. The van der Waals surface area contributed by atoms with Crippen LogP contribution in [0.15, 0.2) is 41.3 Å². The summed E-state index contributed by atoms with van der Waals surface area (Å²) in [5.41, 5.74) is -1.30. The third-order valence-corrected chi connectivity index (χ3v) is 15.0. The number of ether oxygens (including phenoxy) is 1. The van der Waals surface area contributed by atoms with Crippen molar-refractivity contribution in [3.8, 4) is 5.75 Å². The maximum Gasteiger partial charge on any atom is 0.432 e. The summed E-state index contributed by atoms with van der Waals surface area (Å²) in [6.07, 6.45) is -5.92. The number of halogens is 5. The molecule has 1 saturated heterocycles. The molecule has 1 heterocycles. The number of alkyl halides is 5. The van der Waals surface area contributed by atoms with Gasteiger partial charge in [-0.1, -0.05) is 34.6 Å². The minimum atomic E-state index is -6.27. The van der Waals surface area contributed by atoms with Gasteiger partial charge in [0.25, 0.3) is 6.10 Å². The van der Waals surface area contributed by atoms with Crippen molar-refractivity contribution in [2.75, 3.05) is 11.5 Å². The van der Waals surface area contributed by atoms with Crippen LogP contribution in [0, 0.1) is 23.2 Å². The number of hydrogen-bond donors (Lipinski definition) is 1. The van der Waals surface area contributed by atoms with Gasteiger partial charge in [-0.3, -0.25) is 4.79 Å². The molecule has 0 aromatic heterocycles. The van der Waals surface area contributed by atoms with E-state index in [0.717, 1.165) is 19.3 Å². The van der Waals surface area contributed by atoms with Crippen LogP contribution in [0.4, 0.5) is 22.0 Å². The molecule has 4 aliphatic carbocycles. The Morgan fingerprint density at radius 3 is 1.98 bits per heavy atom. The maximum atomic E-state index is 15.7. The molecule has 4 bridgehead atoms. The Labute approximate surface area is 236 Å². The van der Waals surface area contributed by atoms with Crippen molar-refractivity contribution in [2.45, 2.75) is 73.8 Å². The largest absolute Gasteiger partial charge is 0.507 e. The Hall–Kier alpha value is -2.12. The highest BCUT2D eigenvalue weighted by molar-refractivity contribution is 8.33. The fourth-order valence-electron chi connectivity index (χ4n) is 7.94. The highest BCUT2D eigenvalue weighted by atomic mass is 32.3. The molecule has 0 spiro atoms. The SMILES string of the molecule is O=C(OC(C(F)(F)F)C(F)(F)S(=O)(=O)OS1(c2ccc(O)c3ccccc23)CCCC1)C12CC3CC(CC(C3)C1)C2. The zero-order valence-electron chi connectivity index (χ0n) is 22.0. The van der Waals surface area contributed by atoms with E-state index in [-0.39, 0.29) is 59.2 Å². The number of phenolic OH excluding ortho intramolecular Hbond substituents is 1. The summed E-state index contributed by atoms with van der Waals surface area (Å²) in [6.45, 7) is 0. The zero-order chi connectivity index (χ0) is 29.4. The Morgan fingerprint density at radius 1 is 0.902 bits per heavy atom. The van der Waals surface area contributed by atoms with Crippen molar-refractivity contribution in [3.63, 3.8) is 0 Å². The number of fused-ring (bicyclic) bond motifs is 1. The van der Waals surface area contributed by atoms with Gasteiger partial charge in [0.1, 0.15) is 5.75 Å². The van der Waals surface area contributed by atoms with Crippen molar-refractivity contribution in [2.24, 2.45) is 23.2 Å². The van der Waals surface area contributed by atoms with Crippen LogP contribution in [0.2, 0.25) is 0 Å². The Balaban J connectivity index is 1.33. The van der Waals surface area contributed by atoms with Gasteiger partial charge in [0.05, 0.1) is 5.41 Å². The van der Waals surface area contributed by atoms with Crippen molar-refractivity contribution >= 4 is 37.2 Å². The second kappa shape index (κ2) is 9.70. The summed E-state index contributed by atoms with van der Waals surface area (Å²) in [6, 6.07) is 9.02. The first-order chi connectivity index (χ1) is 19.2. The van der Waals surface area contributed by atoms with Crippen molar-refractivity contribution < 1.29 is 48.6 Å². The van der Waals surface area contributed by atoms with Gasteiger partial charge >= 0.3 is 27.5 Å². The van der Waals surface area contributed by atoms with E-state index in [1.165, 1.54) is 12.1 Å². The molecule has 41 heavy (non-hydrogen) atoms. The fourth-order valence-corrected chi connectivity index (χ4v) is 13.8. The zero-order valence-corrected chi connectivity index (χ0v) is 23.7. The van der Waals surface area contributed by atoms with Crippen molar-refractivity contribution in [1.29, 1.82) is 0 Å². The Morgan fingerprint density at radius 2 is 1.44 bits per heavy atom. The quantitative estimate of drug-likeness (QED) is 0.263. The molecule has 13 heteroatoms. The third kappa shape index (κ3) is 4.79. The van der Waals surface area contributed by atoms with E-state index >= 15 is 8.78 Å². The van der Waals surface area contributed by atoms with E-state index in [4.69, 9.17) is 3.63 Å². The normalized spacial score (nSPS) is 30.8. The fraction of sp³-hybridized carbons (Fsp3) is 0.607. The molecule has 5 fully saturated rings. The third-order valence-electron chi connectivity index (χ3n) is 9.31. The van der Waals surface area contributed by atoms with Crippen LogP contribution in [0.1, 0.15) is 51.4 Å². The average Bonchev–Trinajstić information content (AvgIpc) is 3.34. The number of aromatic hydroxyl groups is 1. The van der Waals surface area contributed by atoms with E-state index in [2.05, 4.69) is 4.74 Å². The molecule has 0 radical (unpaired) electrons. The van der Waals surface area contributed by atoms with Gasteiger partial charge in [-0.15, -0.1) is 0 Å². The minimum absolute atomic E-state index is 0.0286. The van der Waals surface area contributed by atoms with E-state index in [0.29, 0.717) is 23.6 Å². The van der Waals surface area contributed by atoms with E-state index in [1.54, 1.807) is 24.3 Å². The average molecular weight is 623 g/mol.